The summed E-state index contributed by atoms with van der Waals surface area (Å²) in [5.41, 5.74) is 0.147. The van der Waals surface area contributed by atoms with E-state index in [1.807, 2.05) is 6.92 Å². The Balaban J connectivity index is 2.72. The van der Waals surface area contributed by atoms with Gasteiger partial charge in [0.05, 0.1) is 12.2 Å². The molecule has 1 heterocycles. The van der Waals surface area contributed by atoms with Crippen LogP contribution in [0.4, 0.5) is 13.2 Å². The predicted molar refractivity (Wildman–Crippen MR) is 80.3 cm³/mol. The molecule has 0 unspecified atom stereocenters. The lowest BCUT2D eigenvalue weighted by atomic mass is 10.1. The van der Waals surface area contributed by atoms with Crippen LogP contribution in [0, 0.1) is 0 Å². The molecule has 7 heteroatoms. The number of benzene rings is 1. The second-order valence-corrected chi connectivity index (χ2v) is 5.89. The molecule has 2 rings (SSSR count). The van der Waals surface area contributed by atoms with Crippen LogP contribution >= 0.6 is 11.8 Å². The molecule has 0 amide bonds. The molecule has 22 heavy (non-hydrogen) atoms. The summed E-state index contributed by atoms with van der Waals surface area (Å²) < 4.78 is 45.4. The SMILES string of the molecule is CCOC(=O)c1c(SCC)c2cc(C(F)(F)F)ccc2n1C. The normalized spacial score (nSPS) is 11.9. The van der Waals surface area contributed by atoms with E-state index in [9.17, 15) is 18.0 Å². The number of thioether (sulfide) groups is 1. The van der Waals surface area contributed by atoms with Crippen LogP contribution in [0.5, 0.6) is 0 Å². The quantitative estimate of drug-likeness (QED) is 0.611. The summed E-state index contributed by atoms with van der Waals surface area (Å²) in [6, 6.07) is 3.51. The number of hydrogen-bond acceptors (Lipinski definition) is 3. The van der Waals surface area contributed by atoms with E-state index in [1.165, 1.54) is 17.8 Å². The summed E-state index contributed by atoms with van der Waals surface area (Å²) in [5.74, 6) is 0.118. The first-order chi connectivity index (χ1) is 10.3. The number of aryl methyl sites for hydroxylation is 1. The van der Waals surface area contributed by atoms with Gasteiger partial charge in [-0.3, -0.25) is 0 Å². The molecule has 0 radical (unpaired) electrons. The van der Waals surface area contributed by atoms with Crippen molar-refractivity contribution < 1.29 is 22.7 Å². The molecule has 0 aliphatic carbocycles. The van der Waals surface area contributed by atoms with Gasteiger partial charge in [0.1, 0.15) is 5.69 Å². The van der Waals surface area contributed by atoms with E-state index in [0.717, 1.165) is 12.1 Å². The van der Waals surface area contributed by atoms with Crippen LogP contribution in [-0.4, -0.2) is 22.9 Å². The predicted octanol–water partition coefficient (Wildman–Crippen LogP) is 4.49. The van der Waals surface area contributed by atoms with Gasteiger partial charge in [0.15, 0.2) is 0 Å². The highest BCUT2D eigenvalue weighted by Crippen LogP contribution is 2.38. The first-order valence-corrected chi connectivity index (χ1v) is 7.79. The number of nitrogens with zero attached hydrogens (tertiary/aromatic N) is 1. The molecule has 120 valence electrons. The van der Waals surface area contributed by atoms with Gasteiger partial charge >= 0.3 is 12.1 Å². The standard InChI is InChI=1S/C15H16F3NO2S/c1-4-21-14(20)12-13(22-5-2)10-8-9(15(16,17)18)6-7-11(10)19(12)3/h6-8H,4-5H2,1-3H3. The molecule has 0 N–H and O–H groups in total. The molecule has 0 spiro atoms. The van der Waals surface area contributed by atoms with Gasteiger partial charge in [0, 0.05) is 22.8 Å². The van der Waals surface area contributed by atoms with E-state index in [0.29, 0.717) is 27.2 Å². The van der Waals surface area contributed by atoms with Crippen molar-refractivity contribution in [2.75, 3.05) is 12.4 Å². The van der Waals surface area contributed by atoms with Crippen LogP contribution in [0.2, 0.25) is 0 Å². The van der Waals surface area contributed by atoms with Crippen LogP contribution in [0.15, 0.2) is 23.1 Å². The van der Waals surface area contributed by atoms with Gasteiger partial charge in [-0.1, -0.05) is 6.92 Å². The zero-order valence-electron chi connectivity index (χ0n) is 12.5. The molecule has 1 aromatic carbocycles. The zero-order chi connectivity index (χ0) is 16.5. The third-order valence-corrected chi connectivity index (χ3v) is 4.23. The molecule has 0 fully saturated rings. The minimum Gasteiger partial charge on any atom is -0.461 e. The Morgan fingerprint density at radius 2 is 2.00 bits per heavy atom. The smallest absolute Gasteiger partial charge is 0.416 e. The van der Waals surface area contributed by atoms with Gasteiger partial charge < -0.3 is 9.30 Å². The average molecular weight is 331 g/mol. The Kier molecular flexibility index (Phi) is 4.75. The van der Waals surface area contributed by atoms with Gasteiger partial charge in [-0.15, -0.1) is 11.8 Å². The largest absolute Gasteiger partial charge is 0.461 e. The van der Waals surface area contributed by atoms with Crippen LogP contribution in [0.1, 0.15) is 29.9 Å². The molecule has 0 bridgehead atoms. The van der Waals surface area contributed by atoms with E-state index in [4.69, 9.17) is 4.74 Å². The molecule has 3 nitrogen and oxygen atoms in total. The Morgan fingerprint density at radius 1 is 1.32 bits per heavy atom. The van der Waals surface area contributed by atoms with Crippen LogP contribution in [0.3, 0.4) is 0 Å². The van der Waals surface area contributed by atoms with Crippen LogP contribution in [0.25, 0.3) is 10.9 Å². The number of carbonyl (C=O) groups is 1. The number of halogens is 3. The van der Waals surface area contributed by atoms with Gasteiger partial charge in [-0.05, 0) is 30.9 Å². The molecular weight excluding hydrogens is 315 g/mol. The number of carbonyl (C=O) groups excluding carboxylic acids is 1. The summed E-state index contributed by atoms with van der Waals surface area (Å²) in [5, 5.41) is 0.423. The minimum absolute atomic E-state index is 0.213. The van der Waals surface area contributed by atoms with Crippen molar-refractivity contribution in [3.05, 3.63) is 29.5 Å². The van der Waals surface area contributed by atoms with Gasteiger partial charge in [-0.2, -0.15) is 13.2 Å². The molecule has 0 saturated heterocycles. The highest BCUT2D eigenvalue weighted by atomic mass is 32.2. The Hall–Kier alpha value is -1.63. The van der Waals surface area contributed by atoms with Crippen molar-refractivity contribution in [3.8, 4) is 0 Å². The molecule has 0 aliphatic heterocycles. The fraction of sp³-hybridized carbons (Fsp3) is 0.400. The molecule has 2 aromatic rings. The number of esters is 1. The van der Waals surface area contributed by atoms with Crippen molar-refractivity contribution in [1.29, 1.82) is 0 Å². The highest BCUT2D eigenvalue weighted by Gasteiger charge is 2.32. The lowest BCUT2D eigenvalue weighted by molar-refractivity contribution is -0.137. The molecule has 0 saturated carbocycles. The number of hydrogen-bond donors (Lipinski definition) is 0. The summed E-state index contributed by atoms with van der Waals surface area (Å²) >= 11 is 1.34. The van der Waals surface area contributed by atoms with Crippen LogP contribution in [-0.2, 0) is 18.0 Å². The monoisotopic (exact) mass is 331 g/mol. The van der Waals surface area contributed by atoms with Crippen molar-refractivity contribution in [3.63, 3.8) is 0 Å². The third kappa shape index (κ3) is 2.95. The first kappa shape index (κ1) is 16.7. The summed E-state index contributed by atoms with van der Waals surface area (Å²) in [6.07, 6.45) is -4.41. The highest BCUT2D eigenvalue weighted by molar-refractivity contribution is 7.99. The molecular formula is C15H16F3NO2S. The summed E-state index contributed by atoms with van der Waals surface area (Å²) in [7, 11) is 1.65. The maximum absolute atomic E-state index is 12.9. The van der Waals surface area contributed by atoms with Gasteiger partial charge in [-0.25, -0.2) is 4.79 Å². The second kappa shape index (κ2) is 6.24. The average Bonchev–Trinajstić information content (AvgIpc) is 2.71. The lowest BCUT2D eigenvalue weighted by Gasteiger charge is -2.07. The number of fused-ring (bicyclic) bond motifs is 1. The molecule has 0 atom stereocenters. The van der Waals surface area contributed by atoms with Gasteiger partial charge in [0.2, 0.25) is 0 Å². The van der Waals surface area contributed by atoms with Crippen LogP contribution < -0.4 is 0 Å². The van der Waals surface area contributed by atoms with Gasteiger partial charge in [0.25, 0.3) is 0 Å². The summed E-state index contributed by atoms with van der Waals surface area (Å²) in [6.45, 7) is 3.78. The zero-order valence-corrected chi connectivity index (χ0v) is 13.3. The fourth-order valence-electron chi connectivity index (χ4n) is 2.31. The molecule has 1 aromatic heterocycles. The lowest BCUT2D eigenvalue weighted by Crippen LogP contribution is -2.10. The maximum atomic E-state index is 12.9. The van der Waals surface area contributed by atoms with Crippen molar-refractivity contribution in [1.82, 2.24) is 4.57 Å². The van der Waals surface area contributed by atoms with Crippen molar-refractivity contribution in [2.45, 2.75) is 24.9 Å². The van der Waals surface area contributed by atoms with E-state index in [2.05, 4.69) is 0 Å². The third-order valence-electron chi connectivity index (χ3n) is 3.24. The number of rotatable bonds is 4. The number of alkyl halides is 3. The fourth-order valence-corrected chi connectivity index (χ4v) is 3.27. The number of aromatic nitrogens is 1. The first-order valence-electron chi connectivity index (χ1n) is 6.80. The van der Waals surface area contributed by atoms with Crippen molar-refractivity contribution in [2.24, 2.45) is 7.05 Å². The summed E-state index contributed by atoms with van der Waals surface area (Å²) in [4.78, 5) is 12.7. The Morgan fingerprint density at radius 3 is 2.55 bits per heavy atom. The maximum Gasteiger partial charge on any atom is 0.416 e. The second-order valence-electron chi connectivity index (χ2n) is 4.62. The number of ether oxygens (including phenoxy) is 1. The van der Waals surface area contributed by atoms with E-state index in [-0.39, 0.29) is 6.61 Å². The van der Waals surface area contributed by atoms with Crippen molar-refractivity contribution >= 4 is 28.6 Å². The molecule has 0 aliphatic rings. The Labute approximate surface area is 130 Å². The van der Waals surface area contributed by atoms with E-state index < -0.39 is 17.7 Å². The van der Waals surface area contributed by atoms with E-state index >= 15 is 0 Å². The Bertz CT molecular complexity index is 707. The topological polar surface area (TPSA) is 31.2 Å². The van der Waals surface area contributed by atoms with E-state index in [1.54, 1.807) is 18.5 Å². The minimum atomic E-state index is -4.41.